The van der Waals surface area contributed by atoms with E-state index in [9.17, 15) is 18.0 Å². The van der Waals surface area contributed by atoms with Gasteiger partial charge in [-0.15, -0.1) is 0 Å². The molecule has 178 valence electrons. The van der Waals surface area contributed by atoms with Crippen LogP contribution in [0.3, 0.4) is 0 Å². The van der Waals surface area contributed by atoms with Crippen LogP contribution < -0.4 is 5.32 Å². The first kappa shape index (κ1) is 25.1. The number of nitrogens with one attached hydrogen (secondary N) is 1. The molecular formula is C26H28N2O5S. The van der Waals surface area contributed by atoms with Gasteiger partial charge < -0.3 is 10.1 Å². The smallest absolute Gasteiger partial charge is 0.329 e. The molecule has 0 bridgehead atoms. The van der Waals surface area contributed by atoms with Crippen molar-refractivity contribution in [1.29, 1.82) is 0 Å². The number of carbonyl (C=O) groups excluding carboxylic acids is 2. The van der Waals surface area contributed by atoms with Gasteiger partial charge in [0.1, 0.15) is 12.6 Å². The molecular weight excluding hydrogens is 452 g/mol. The summed E-state index contributed by atoms with van der Waals surface area (Å²) in [5.74, 6) is -1.19. The summed E-state index contributed by atoms with van der Waals surface area (Å²) in [6.45, 7) is 1.49. The first-order chi connectivity index (χ1) is 16.3. The second-order valence-corrected chi connectivity index (χ2v) is 10.0. The summed E-state index contributed by atoms with van der Waals surface area (Å²) in [6, 6.07) is 23.9. The van der Waals surface area contributed by atoms with Crippen LogP contribution >= 0.6 is 0 Å². The van der Waals surface area contributed by atoms with Crippen molar-refractivity contribution in [2.24, 2.45) is 0 Å². The molecule has 0 aromatic heterocycles. The number of benzene rings is 3. The van der Waals surface area contributed by atoms with Crippen LogP contribution in [0.4, 0.5) is 0 Å². The van der Waals surface area contributed by atoms with Crippen molar-refractivity contribution in [3.05, 3.63) is 102 Å². The number of ether oxygens (including phenoxy) is 1. The Bertz CT molecular complexity index is 1200. The number of hydrogen-bond acceptors (Lipinski definition) is 5. The molecule has 0 aliphatic heterocycles. The topological polar surface area (TPSA) is 92.8 Å². The molecule has 0 saturated carbocycles. The summed E-state index contributed by atoms with van der Waals surface area (Å²) >= 11 is 0. The molecule has 3 rings (SSSR count). The Kier molecular flexibility index (Phi) is 8.56. The third kappa shape index (κ3) is 7.00. The molecule has 0 heterocycles. The minimum atomic E-state index is -3.86. The van der Waals surface area contributed by atoms with Crippen molar-refractivity contribution < 1.29 is 22.7 Å². The number of aryl methyl sites for hydroxylation is 1. The Hall–Kier alpha value is -3.49. The minimum absolute atomic E-state index is 0.0720. The van der Waals surface area contributed by atoms with Crippen LogP contribution in [0.2, 0.25) is 0 Å². The molecule has 0 radical (unpaired) electrons. The lowest BCUT2D eigenvalue weighted by Gasteiger charge is -2.21. The lowest BCUT2D eigenvalue weighted by molar-refractivity contribution is -0.149. The number of carbonyl (C=O) groups is 2. The Morgan fingerprint density at radius 3 is 2.03 bits per heavy atom. The highest BCUT2D eigenvalue weighted by atomic mass is 32.2. The first-order valence-electron chi connectivity index (χ1n) is 10.8. The standard InChI is InChI=1S/C26H28N2O5S/c1-20-13-15-23(16-14-20)34(31,32)28(2)18-25(29)27-24(17-21-9-5-3-6-10-21)26(30)33-19-22-11-7-4-8-12-22/h3-16,24H,17-19H2,1-2H3,(H,27,29)/t24-/m0/s1. The zero-order valence-electron chi connectivity index (χ0n) is 19.2. The second-order valence-electron chi connectivity index (χ2n) is 7.98. The molecule has 34 heavy (non-hydrogen) atoms. The molecule has 3 aromatic carbocycles. The van der Waals surface area contributed by atoms with Gasteiger partial charge in [-0.25, -0.2) is 13.2 Å². The van der Waals surface area contributed by atoms with Crippen molar-refractivity contribution in [1.82, 2.24) is 9.62 Å². The van der Waals surface area contributed by atoms with Crippen molar-refractivity contribution in [3.8, 4) is 0 Å². The Labute approximate surface area is 200 Å². The van der Waals surface area contributed by atoms with E-state index >= 15 is 0 Å². The highest BCUT2D eigenvalue weighted by Crippen LogP contribution is 2.15. The van der Waals surface area contributed by atoms with E-state index in [2.05, 4.69) is 5.32 Å². The number of sulfonamides is 1. The highest BCUT2D eigenvalue weighted by Gasteiger charge is 2.27. The van der Waals surface area contributed by atoms with Crippen molar-refractivity contribution in [2.75, 3.05) is 13.6 Å². The average Bonchev–Trinajstić information content (AvgIpc) is 2.83. The molecule has 0 unspecified atom stereocenters. The molecule has 0 spiro atoms. The Morgan fingerprint density at radius 1 is 0.882 bits per heavy atom. The van der Waals surface area contributed by atoms with Crippen LogP contribution in [-0.4, -0.2) is 44.2 Å². The average molecular weight is 481 g/mol. The van der Waals surface area contributed by atoms with E-state index in [-0.39, 0.29) is 17.9 Å². The summed E-state index contributed by atoms with van der Waals surface area (Å²) < 4.78 is 32.0. The van der Waals surface area contributed by atoms with Gasteiger partial charge in [-0.1, -0.05) is 78.4 Å². The Balaban J connectivity index is 1.68. The third-order valence-corrected chi connectivity index (χ3v) is 7.04. The zero-order valence-corrected chi connectivity index (χ0v) is 20.0. The summed E-state index contributed by atoms with van der Waals surface area (Å²) in [5, 5.41) is 2.65. The summed E-state index contributed by atoms with van der Waals surface area (Å²) in [6.07, 6.45) is 0.217. The number of nitrogens with zero attached hydrogens (tertiary/aromatic N) is 1. The van der Waals surface area contributed by atoms with E-state index in [0.717, 1.165) is 21.0 Å². The monoisotopic (exact) mass is 480 g/mol. The van der Waals surface area contributed by atoms with Gasteiger partial charge in [-0.05, 0) is 30.2 Å². The summed E-state index contributed by atoms with van der Waals surface area (Å²) in [7, 11) is -2.53. The Morgan fingerprint density at radius 2 is 1.44 bits per heavy atom. The van der Waals surface area contributed by atoms with Crippen LogP contribution in [0.5, 0.6) is 0 Å². The van der Waals surface area contributed by atoms with Crippen molar-refractivity contribution in [3.63, 3.8) is 0 Å². The van der Waals surface area contributed by atoms with Gasteiger partial charge in [0.25, 0.3) is 0 Å². The van der Waals surface area contributed by atoms with Crippen molar-refractivity contribution >= 4 is 21.9 Å². The van der Waals surface area contributed by atoms with Crippen LogP contribution in [0.25, 0.3) is 0 Å². The molecule has 8 heteroatoms. The SMILES string of the molecule is Cc1ccc(S(=O)(=O)N(C)CC(=O)N[C@@H](Cc2ccccc2)C(=O)OCc2ccccc2)cc1. The van der Waals surface area contributed by atoms with E-state index in [1.165, 1.54) is 19.2 Å². The van der Waals surface area contributed by atoms with E-state index in [0.29, 0.717) is 0 Å². The summed E-state index contributed by atoms with van der Waals surface area (Å²) in [5.41, 5.74) is 2.59. The minimum Gasteiger partial charge on any atom is -0.459 e. The van der Waals surface area contributed by atoms with E-state index in [1.54, 1.807) is 12.1 Å². The maximum absolute atomic E-state index is 12.8. The van der Waals surface area contributed by atoms with Gasteiger partial charge in [0.15, 0.2) is 0 Å². The van der Waals surface area contributed by atoms with E-state index in [4.69, 9.17) is 4.74 Å². The van der Waals surface area contributed by atoms with Gasteiger partial charge >= 0.3 is 5.97 Å². The third-order valence-electron chi connectivity index (χ3n) is 5.22. The van der Waals surface area contributed by atoms with Gasteiger partial charge in [-0.3, -0.25) is 4.79 Å². The predicted molar refractivity (Wildman–Crippen MR) is 129 cm³/mol. The second kappa shape index (κ2) is 11.6. The molecule has 7 nitrogen and oxygen atoms in total. The van der Waals surface area contributed by atoms with Gasteiger partial charge in [0.05, 0.1) is 11.4 Å². The normalized spacial score (nSPS) is 12.2. The molecule has 1 atom stereocenters. The van der Waals surface area contributed by atoms with Crippen LogP contribution in [0.15, 0.2) is 89.8 Å². The van der Waals surface area contributed by atoms with Gasteiger partial charge in [0, 0.05) is 13.5 Å². The molecule has 0 aliphatic carbocycles. The van der Waals surface area contributed by atoms with Crippen LogP contribution in [0.1, 0.15) is 16.7 Å². The number of amides is 1. The first-order valence-corrected chi connectivity index (χ1v) is 12.3. The molecule has 0 aliphatic rings. The zero-order chi connectivity index (χ0) is 24.6. The predicted octanol–water partition coefficient (Wildman–Crippen LogP) is 3.09. The van der Waals surface area contributed by atoms with E-state index < -0.39 is 34.5 Å². The summed E-state index contributed by atoms with van der Waals surface area (Å²) in [4.78, 5) is 25.7. The molecule has 1 amide bonds. The lowest BCUT2D eigenvalue weighted by Crippen LogP contribution is -2.47. The molecule has 0 fully saturated rings. The van der Waals surface area contributed by atoms with Gasteiger partial charge in [0.2, 0.25) is 15.9 Å². The fraction of sp³-hybridized carbons (Fsp3) is 0.231. The van der Waals surface area contributed by atoms with E-state index in [1.807, 2.05) is 67.6 Å². The number of rotatable bonds is 10. The van der Waals surface area contributed by atoms with Gasteiger partial charge in [-0.2, -0.15) is 4.31 Å². The molecule has 0 saturated heterocycles. The molecule has 3 aromatic rings. The largest absolute Gasteiger partial charge is 0.459 e. The maximum Gasteiger partial charge on any atom is 0.329 e. The molecule has 1 N–H and O–H groups in total. The number of esters is 1. The van der Waals surface area contributed by atoms with Crippen LogP contribution in [-0.2, 0) is 37.4 Å². The number of likely N-dealkylation sites (N-methyl/N-ethyl adjacent to an activating group) is 1. The fourth-order valence-corrected chi connectivity index (χ4v) is 4.42. The lowest BCUT2D eigenvalue weighted by atomic mass is 10.1. The van der Waals surface area contributed by atoms with Crippen molar-refractivity contribution in [2.45, 2.75) is 30.9 Å². The fourth-order valence-electron chi connectivity index (χ4n) is 3.29. The maximum atomic E-state index is 12.8. The number of hydrogen-bond donors (Lipinski definition) is 1. The highest BCUT2D eigenvalue weighted by molar-refractivity contribution is 7.89. The quantitative estimate of drug-likeness (QED) is 0.450. The van der Waals surface area contributed by atoms with Crippen LogP contribution in [0, 0.1) is 6.92 Å².